The highest BCUT2D eigenvalue weighted by Crippen LogP contribution is 2.18. The van der Waals surface area contributed by atoms with Gasteiger partial charge in [0, 0.05) is 18.7 Å². The van der Waals surface area contributed by atoms with E-state index in [1.54, 1.807) is 0 Å². The molecule has 0 saturated heterocycles. The summed E-state index contributed by atoms with van der Waals surface area (Å²) in [5.74, 6) is 0.193. The van der Waals surface area contributed by atoms with E-state index in [1.165, 1.54) is 5.56 Å². The van der Waals surface area contributed by atoms with E-state index >= 15 is 0 Å². The summed E-state index contributed by atoms with van der Waals surface area (Å²) in [4.78, 5) is 14.1. The standard InChI is InChI=1S/C13H18N2O/c1-14-8-4-9-15-10-7-11-5-2-3-6-12(11)13(15)16/h2-3,5-6,14H,4,7-10H2,1H3. The molecule has 3 nitrogen and oxygen atoms in total. The fraction of sp³-hybridized carbons (Fsp3) is 0.462. The average molecular weight is 218 g/mol. The van der Waals surface area contributed by atoms with E-state index in [4.69, 9.17) is 0 Å². The quantitative estimate of drug-likeness (QED) is 0.772. The van der Waals surface area contributed by atoms with Crippen LogP contribution in [0.25, 0.3) is 0 Å². The SMILES string of the molecule is CNCCCN1CCc2ccccc2C1=O. The molecule has 0 fully saturated rings. The molecule has 0 radical (unpaired) electrons. The van der Waals surface area contributed by atoms with Crippen molar-refractivity contribution in [2.75, 3.05) is 26.7 Å². The Bertz CT molecular complexity index is 376. The van der Waals surface area contributed by atoms with E-state index in [-0.39, 0.29) is 5.91 Å². The van der Waals surface area contributed by atoms with Crippen molar-refractivity contribution in [3.05, 3.63) is 35.4 Å². The van der Waals surface area contributed by atoms with Crippen LogP contribution in [0, 0.1) is 0 Å². The van der Waals surface area contributed by atoms with E-state index in [9.17, 15) is 4.79 Å². The van der Waals surface area contributed by atoms with Crippen molar-refractivity contribution in [2.24, 2.45) is 0 Å². The maximum Gasteiger partial charge on any atom is 0.254 e. The molecule has 0 unspecified atom stereocenters. The molecule has 0 bridgehead atoms. The maximum absolute atomic E-state index is 12.1. The molecule has 1 aromatic carbocycles. The second kappa shape index (κ2) is 5.12. The second-order valence-electron chi connectivity index (χ2n) is 4.16. The number of nitrogens with one attached hydrogen (secondary N) is 1. The third kappa shape index (κ3) is 2.25. The molecular weight excluding hydrogens is 200 g/mol. The molecule has 86 valence electrons. The van der Waals surface area contributed by atoms with Crippen LogP contribution in [0.3, 0.4) is 0 Å². The summed E-state index contributed by atoms with van der Waals surface area (Å²) in [5, 5.41) is 3.10. The van der Waals surface area contributed by atoms with Crippen molar-refractivity contribution in [1.82, 2.24) is 10.2 Å². The molecule has 1 aromatic rings. The predicted octanol–water partition coefficient (Wildman–Crippen LogP) is 1.29. The van der Waals surface area contributed by atoms with E-state index in [2.05, 4.69) is 11.4 Å². The first-order valence-electron chi connectivity index (χ1n) is 5.84. The zero-order valence-electron chi connectivity index (χ0n) is 9.70. The molecular formula is C13H18N2O. The minimum atomic E-state index is 0.193. The molecule has 1 aliphatic heterocycles. The summed E-state index contributed by atoms with van der Waals surface area (Å²) >= 11 is 0. The van der Waals surface area contributed by atoms with Crippen LogP contribution in [0.4, 0.5) is 0 Å². The van der Waals surface area contributed by atoms with E-state index in [1.807, 2.05) is 30.1 Å². The van der Waals surface area contributed by atoms with Crippen LogP contribution in [0.1, 0.15) is 22.3 Å². The molecule has 0 aromatic heterocycles. The molecule has 1 amide bonds. The van der Waals surface area contributed by atoms with Crippen LogP contribution < -0.4 is 5.32 Å². The highest BCUT2D eigenvalue weighted by Gasteiger charge is 2.22. The molecule has 1 N–H and O–H groups in total. The smallest absolute Gasteiger partial charge is 0.254 e. The molecule has 3 heteroatoms. The highest BCUT2D eigenvalue weighted by atomic mass is 16.2. The molecule has 0 atom stereocenters. The first-order chi connectivity index (χ1) is 7.83. The Morgan fingerprint density at radius 2 is 2.19 bits per heavy atom. The van der Waals surface area contributed by atoms with Gasteiger partial charge in [0.2, 0.25) is 0 Å². The highest BCUT2D eigenvalue weighted by molar-refractivity contribution is 5.96. The normalized spacial score (nSPS) is 15.1. The zero-order chi connectivity index (χ0) is 11.4. The Hall–Kier alpha value is -1.35. The van der Waals surface area contributed by atoms with Crippen molar-refractivity contribution in [1.29, 1.82) is 0 Å². The lowest BCUT2D eigenvalue weighted by atomic mass is 9.99. The van der Waals surface area contributed by atoms with Crippen LogP contribution in [0.2, 0.25) is 0 Å². The van der Waals surface area contributed by atoms with Gasteiger partial charge in [-0.15, -0.1) is 0 Å². The van der Waals surface area contributed by atoms with Crippen LogP contribution in [0.5, 0.6) is 0 Å². The molecule has 0 spiro atoms. The van der Waals surface area contributed by atoms with Crippen LogP contribution in [0.15, 0.2) is 24.3 Å². The van der Waals surface area contributed by atoms with Gasteiger partial charge in [-0.1, -0.05) is 18.2 Å². The lowest BCUT2D eigenvalue weighted by Crippen LogP contribution is -2.38. The summed E-state index contributed by atoms with van der Waals surface area (Å²) in [6.07, 6.45) is 2.01. The summed E-state index contributed by atoms with van der Waals surface area (Å²) in [7, 11) is 1.94. The number of hydrogen-bond acceptors (Lipinski definition) is 2. The summed E-state index contributed by atoms with van der Waals surface area (Å²) < 4.78 is 0. The van der Waals surface area contributed by atoms with E-state index in [0.717, 1.165) is 38.0 Å². The van der Waals surface area contributed by atoms with Crippen molar-refractivity contribution in [3.63, 3.8) is 0 Å². The number of benzene rings is 1. The number of hydrogen-bond donors (Lipinski definition) is 1. The van der Waals surface area contributed by atoms with Gasteiger partial charge in [0.15, 0.2) is 0 Å². The first kappa shape index (κ1) is 11.1. The topological polar surface area (TPSA) is 32.3 Å². The van der Waals surface area contributed by atoms with Gasteiger partial charge in [0.25, 0.3) is 5.91 Å². The van der Waals surface area contributed by atoms with Gasteiger partial charge < -0.3 is 10.2 Å². The number of amides is 1. The van der Waals surface area contributed by atoms with Gasteiger partial charge in [0.1, 0.15) is 0 Å². The maximum atomic E-state index is 12.1. The van der Waals surface area contributed by atoms with Gasteiger partial charge in [0.05, 0.1) is 0 Å². The van der Waals surface area contributed by atoms with Crippen molar-refractivity contribution in [3.8, 4) is 0 Å². The molecule has 0 saturated carbocycles. The molecule has 1 heterocycles. The zero-order valence-corrected chi connectivity index (χ0v) is 9.70. The number of fused-ring (bicyclic) bond motifs is 1. The lowest BCUT2D eigenvalue weighted by molar-refractivity contribution is 0.0738. The fourth-order valence-electron chi connectivity index (χ4n) is 2.13. The summed E-state index contributed by atoms with van der Waals surface area (Å²) in [5.41, 5.74) is 2.08. The minimum Gasteiger partial charge on any atom is -0.338 e. The van der Waals surface area contributed by atoms with Gasteiger partial charge in [-0.25, -0.2) is 0 Å². The summed E-state index contributed by atoms with van der Waals surface area (Å²) in [6, 6.07) is 7.93. The minimum absolute atomic E-state index is 0.193. The lowest BCUT2D eigenvalue weighted by Gasteiger charge is -2.28. The monoisotopic (exact) mass is 218 g/mol. The largest absolute Gasteiger partial charge is 0.338 e. The molecule has 0 aliphatic carbocycles. The first-order valence-corrected chi connectivity index (χ1v) is 5.84. The second-order valence-corrected chi connectivity index (χ2v) is 4.16. The van der Waals surface area contributed by atoms with E-state index in [0.29, 0.717) is 0 Å². The van der Waals surface area contributed by atoms with Gasteiger partial charge in [-0.05, 0) is 38.1 Å². The summed E-state index contributed by atoms with van der Waals surface area (Å²) in [6.45, 7) is 2.68. The van der Waals surface area contributed by atoms with Crippen molar-refractivity contribution in [2.45, 2.75) is 12.8 Å². The van der Waals surface area contributed by atoms with Crippen LogP contribution >= 0.6 is 0 Å². The Morgan fingerprint density at radius 3 is 3.00 bits per heavy atom. The number of carbonyl (C=O) groups excluding carboxylic acids is 1. The number of rotatable bonds is 4. The molecule has 2 rings (SSSR count). The Labute approximate surface area is 96.5 Å². The Kier molecular flexibility index (Phi) is 3.57. The van der Waals surface area contributed by atoms with Gasteiger partial charge >= 0.3 is 0 Å². The fourth-order valence-corrected chi connectivity index (χ4v) is 2.13. The molecule has 16 heavy (non-hydrogen) atoms. The number of carbonyl (C=O) groups is 1. The van der Waals surface area contributed by atoms with Gasteiger partial charge in [-0.3, -0.25) is 4.79 Å². The predicted molar refractivity (Wildman–Crippen MR) is 64.6 cm³/mol. The van der Waals surface area contributed by atoms with E-state index < -0.39 is 0 Å². The average Bonchev–Trinajstić information content (AvgIpc) is 2.33. The van der Waals surface area contributed by atoms with Crippen LogP contribution in [-0.4, -0.2) is 37.5 Å². The van der Waals surface area contributed by atoms with Crippen molar-refractivity contribution < 1.29 is 4.79 Å². The van der Waals surface area contributed by atoms with Crippen molar-refractivity contribution >= 4 is 5.91 Å². The van der Waals surface area contributed by atoms with Gasteiger partial charge in [-0.2, -0.15) is 0 Å². The third-order valence-electron chi connectivity index (χ3n) is 3.04. The molecule has 1 aliphatic rings. The third-order valence-corrected chi connectivity index (χ3v) is 3.04. The Morgan fingerprint density at radius 1 is 1.38 bits per heavy atom. The number of nitrogens with zero attached hydrogens (tertiary/aromatic N) is 1. The Balaban J connectivity index is 2.03. The van der Waals surface area contributed by atoms with Crippen LogP contribution in [-0.2, 0) is 6.42 Å².